The van der Waals surface area contributed by atoms with Gasteiger partial charge in [-0.05, 0) is 19.4 Å². The first-order chi connectivity index (χ1) is 8.58. The molecule has 1 aliphatic heterocycles. The molecule has 2 rings (SSSR count). The van der Waals surface area contributed by atoms with Gasteiger partial charge in [0, 0.05) is 12.1 Å². The third-order valence-electron chi connectivity index (χ3n) is 2.88. The molecule has 0 aliphatic carbocycles. The zero-order valence-electron chi connectivity index (χ0n) is 9.60. The van der Waals surface area contributed by atoms with Crippen molar-refractivity contribution in [1.82, 2.24) is 5.32 Å². The fourth-order valence-electron chi connectivity index (χ4n) is 1.95. The minimum atomic E-state index is -1.11. The number of nitrogens with one attached hydrogen (secondary N) is 2. The fraction of sp³-hybridized carbons (Fsp3) is 0.417. The van der Waals surface area contributed by atoms with Crippen LogP contribution in [0, 0.1) is 17.5 Å². The van der Waals surface area contributed by atoms with Gasteiger partial charge in [-0.1, -0.05) is 6.42 Å². The van der Waals surface area contributed by atoms with Crippen LogP contribution in [0.3, 0.4) is 0 Å². The lowest BCUT2D eigenvalue weighted by molar-refractivity contribution is -0.118. The molecule has 1 saturated heterocycles. The van der Waals surface area contributed by atoms with Crippen LogP contribution in [-0.4, -0.2) is 18.5 Å². The summed E-state index contributed by atoms with van der Waals surface area (Å²) in [5.41, 5.74) is -0.603. The Morgan fingerprint density at radius 3 is 2.44 bits per heavy atom. The van der Waals surface area contributed by atoms with Crippen LogP contribution in [0.15, 0.2) is 12.1 Å². The van der Waals surface area contributed by atoms with Crippen molar-refractivity contribution in [3.8, 4) is 0 Å². The molecule has 1 unspecified atom stereocenters. The SMILES string of the molecule is O=C(Nc1c(F)cc(F)cc1F)C1CCCCN1. The number of carbonyl (C=O) groups is 1. The summed E-state index contributed by atoms with van der Waals surface area (Å²) < 4.78 is 39.3. The van der Waals surface area contributed by atoms with Gasteiger partial charge < -0.3 is 10.6 Å². The number of carbonyl (C=O) groups excluding carboxylic acids is 1. The summed E-state index contributed by atoms with van der Waals surface area (Å²) in [6.07, 6.45) is 2.48. The maximum atomic E-state index is 13.3. The largest absolute Gasteiger partial charge is 0.320 e. The van der Waals surface area contributed by atoms with Gasteiger partial charge in [-0.2, -0.15) is 0 Å². The number of halogens is 3. The molecular formula is C12H13F3N2O. The van der Waals surface area contributed by atoms with Crippen LogP contribution in [0.4, 0.5) is 18.9 Å². The summed E-state index contributed by atoms with van der Waals surface area (Å²) in [5, 5.41) is 5.12. The second kappa shape index (κ2) is 5.39. The first kappa shape index (κ1) is 12.9. The van der Waals surface area contributed by atoms with E-state index in [9.17, 15) is 18.0 Å². The topological polar surface area (TPSA) is 41.1 Å². The molecule has 0 saturated carbocycles. The van der Waals surface area contributed by atoms with E-state index in [2.05, 4.69) is 10.6 Å². The van der Waals surface area contributed by atoms with E-state index >= 15 is 0 Å². The molecule has 0 radical (unpaired) electrons. The number of hydrogen-bond acceptors (Lipinski definition) is 2. The van der Waals surface area contributed by atoms with Gasteiger partial charge in [0.05, 0.1) is 6.04 Å². The van der Waals surface area contributed by atoms with E-state index in [0.717, 1.165) is 12.8 Å². The van der Waals surface area contributed by atoms with Crippen LogP contribution >= 0.6 is 0 Å². The molecule has 1 aromatic rings. The van der Waals surface area contributed by atoms with Crippen LogP contribution in [0.2, 0.25) is 0 Å². The Morgan fingerprint density at radius 2 is 1.89 bits per heavy atom. The van der Waals surface area contributed by atoms with Crippen LogP contribution in [-0.2, 0) is 4.79 Å². The van der Waals surface area contributed by atoms with E-state index in [-0.39, 0.29) is 0 Å². The minimum absolute atomic E-state index is 0.456. The van der Waals surface area contributed by atoms with Gasteiger partial charge in [-0.25, -0.2) is 13.2 Å². The highest BCUT2D eigenvalue weighted by Crippen LogP contribution is 2.21. The molecule has 1 atom stereocenters. The Labute approximate surface area is 102 Å². The number of hydrogen-bond donors (Lipinski definition) is 2. The first-order valence-electron chi connectivity index (χ1n) is 5.76. The zero-order chi connectivity index (χ0) is 13.1. The van der Waals surface area contributed by atoms with E-state index in [4.69, 9.17) is 0 Å². The average molecular weight is 258 g/mol. The second-order valence-corrected chi connectivity index (χ2v) is 4.24. The monoisotopic (exact) mass is 258 g/mol. The molecule has 1 aliphatic rings. The molecule has 3 nitrogen and oxygen atoms in total. The predicted octanol–water partition coefficient (Wildman–Crippen LogP) is 2.18. The first-order valence-corrected chi connectivity index (χ1v) is 5.76. The Balaban J connectivity index is 2.11. The van der Waals surface area contributed by atoms with Crippen molar-refractivity contribution in [3.63, 3.8) is 0 Å². The summed E-state index contributed by atoms with van der Waals surface area (Å²) in [6, 6.07) is 0.614. The normalized spacial score (nSPS) is 19.6. The zero-order valence-corrected chi connectivity index (χ0v) is 9.60. The molecule has 1 heterocycles. The lowest BCUT2D eigenvalue weighted by atomic mass is 10.0. The van der Waals surface area contributed by atoms with Crippen molar-refractivity contribution >= 4 is 11.6 Å². The number of amides is 1. The van der Waals surface area contributed by atoms with Crippen molar-refractivity contribution in [1.29, 1.82) is 0 Å². The Kier molecular flexibility index (Phi) is 3.86. The van der Waals surface area contributed by atoms with Crippen LogP contribution < -0.4 is 10.6 Å². The fourth-order valence-corrected chi connectivity index (χ4v) is 1.95. The third kappa shape index (κ3) is 2.81. The molecule has 0 spiro atoms. The smallest absolute Gasteiger partial charge is 0.241 e. The number of anilines is 1. The molecule has 6 heteroatoms. The Hall–Kier alpha value is -1.56. The molecule has 18 heavy (non-hydrogen) atoms. The lowest BCUT2D eigenvalue weighted by Gasteiger charge is -2.22. The van der Waals surface area contributed by atoms with Crippen molar-refractivity contribution < 1.29 is 18.0 Å². The molecule has 0 aromatic heterocycles. The van der Waals surface area contributed by atoms with Gasteiger partial charge in [-0.15, -0.1) is 0 Å². The quantitative estimate of drug-likeness (QED) is 0.853. The molecule has 1 amide bonds. The van der Waals surface area contributed by atoms with Gasteiger partial charge in [0.25, 0.3) is 0 Å². The highest BCUT2D eigenvalue weighted by atomic mass is 19.1. The van der Waals surface area contributed by atoms with Crippen molar-refractivity contribution in [2.45, 2.75) is 25.3 Å². The third-order valence-corrected chi connectivity index (χ3v) is 2.88. The van der Waals surface area contributed by atoms with Crippen molar-refractivity contribution in [3.05, 3.63) is 29.6 Å². The maximum absolute atomic E-state index is 13.3. The van der Waals surface area contributed by atoms with Gasteiger partial charge >= 0.3 is 0 Å². The van der Waals surface area contributed by atoms with Crippen LogP contribution in [0.1, 0.15) is 19.3 Å². The lowest BCUT2D eigenvalue weighted by Crippen LogP contribution is -2.43. The van der Waals surface area contributed by atoms with E-state index in [1.807, 2.05) is 0 Å². The van der Waals surface area contributed by atoms with Crippen LogP contribution in [0.25, 0.3) is 0 Å². The highest BCUT2D eigenvalue weighted by molar-refractivity contribution is 5.95. The summed E-state index contributed by atoms with van der Waals surface area (Å²) >= 11 is 0. The minimum Gasteiger partial charge on any atom is -0.320 e. The van der Waals surface area contributed by atoms with E-state index in [1.54, 1.807) is 0 Å². The average Bonchev–Trinajstić information content (AvgIpc) is 2.34. The number of rotatable bonds is 2. The summed E-state index contributed by atoms with van der Waals surface area (Å²) in [7, 11) is 0. The van der Waals surface area contributed by atoms with Gasteiger partial charge in [-0.3, -0.25) is 4.79 Å². The second-order valence-electron chi connectivity index (χ2n) is 4.24. The molecule has 98 valence electrons. The summed E-state index contributed by atoms with van der Waals surface area (Å²) in [5.74, 6) is -3.74. The number of piperidine rings is 1. The van der Waals surface area contributed by atoms with Crippen LogP contribution in [0.5, 0.6) is 0 Å². The molecular weight excluding hydrogens is 245 g/mol. The highest BCUT2D eigenvalue weighted by Gasteiger charge is 2.23. The standard InChI is InChI=1S/C12H13F3N2O/c13-7-5-8(14)11(9(15)6-7)17-12(18)10-3-1-2-4-16-10/h5-6,10,16H,1-4H2,(H,17,18). The Morgan fingerprint density at radius 1 is 1.22 bits per heavy atom. The van der Waals surface area contributed by atoms with Gasteiger partial charge in [0.1, 0.15) is 11.5 Å². The summed E-state index contributed by atoms with van der Waals surface area (Å²) in [4.78, 5) is 11.8. The van der Waals surface area contributed by atoms with Gasteiger partial charge in [0.15, 0.2) is 11.6 Å². The van der Waals surface area contributed by atoms with Crippen molar-refractivity contribution in [2.75, 3.05) is 11.9 Å². The van der Waals surface area contributed by atoms with E-state index in [1.165, 1.54) is 0 Å². The molecule has 2 N–H and O–H groups in total. The van der Waals surface area contributed by atoms with E-state index in [0.29, 0.717) is 25.1 Å². The Bertz CT molecular complexity index is 436. The van der Waals surface area contributed by atoms with E-state index < -0.39 is 35.1 Å². The molecule has 0 bridgehead atoms. The molecule has 1 aromatic carbocycles. The van der Waals surface area contributed by atoms with Gasteiger partial charge in [0.2, 0.25) is 5.91 Å². The number of benzene rings is 1. The molecule has 1 fully saturated rings. The predicted molar refractivity (Wildman–Crippen MR) is 60.6 cm³/mol. The maximum Gasteiger partial charge on any atom is 0.241 e. The van der Waals surface area contributed by atoms with Crippen molar-refractivity contribution in [2.24, 2.45) is 0 Å². The summed E-state index contributed by atoms with van der Waals surface area (Å²) in [6.45, 7) is 0.701.